The Hall–Kier alpha value is -1.43. The third-order valence-electron chi connectivity index (χ3n) is 6.30. The Labute approximate surface area is 156 Å². The number of carbonyl (C=O) groups excluding carboxylic acids is 1. The molecule has 1 saturated carbocycles. The Morgan fingerprint density at radius 3 is 2.96 bits per heavy atom. The van der Waals surface area contributed by atoms with E-state index in [2.05, 4.69) is 46.7 Å². The number of hydrogen-bond acceptors (Lipinski definition) is 4. The van der Waals surface area contributed by atoms with E-state index < -0.39 is 0 Å². The molecule has 2 atom stereocenters. The molecular weight excluding hydrogens is 326 g/mol. The number of morpholine rings is 1. The minimum absolute atomic E-state index is 0.239. The molecule has 2 unspecified atom stereocenters. The molecule has 5 nitrogen and oxygen atoms in total. The zero-order valence-electron chi connectivity index (χ0n) is 15.8. The van der Waals surface area contributed by atoms with E-state index in [1.54, 1.807) is 0 Å². The first-order valence-corrected chi connectivity index (χ1v) is 10.0. The zero-order chi connectivity index (χ0) is 18.0. The molecule has 1 spiro atoms. The van der Waals surface area contributed by atoms with Gasteiger partial charge in [-0.1, -0.05) is 24.3 Å². The van der Waals surface area contributed by atoms with Gasteiger partial charge in [-0.05, 0) is 55.8 Å². The van der Waals surface area contributed by atoms with E-state index in [-0.39, 0.29) is 11.8 Å². The molecule has 3 aliphatic rings. The van der Waals surface area contributed by atoms with Gasteiger partial charge in [0, 0.05) is 32.1 Å². The Balaban J connectivity index is 1.28. The number of ether oxygens (including phenoxy) is 1. The smallest absolute Gasteiger partial charge is 0.223 e. The second-order valence-corrected chi connectivity index (χ2v) is 8.32. The fourth-order valence-electron chi connectivity index (χ4n) is 4.64. The molecule has 26 heavy (non-hydrogen) atoms. The third kappa shape index (κ3) is 4.11. The minimum Gasteiger partial charge on any atom is -0.376 e. The topological polar surface area (TPSA) is 53.6 Å². The Morgan fingerprint density at radius 1 is 1.35 bits per heavy atom. The van der Waals surface area contributed by atoms with Gasteiger partial charge in [0.15, 0.2) is 0 Å². The summed E-state index contributed by atoms with van der Waals surface area (Å²) >= 11 is 0. The number of nitrogens with zero attached hydrogens (tertiary/aromatic N) is 1. The molecule has 1 aliphatic carbocycles. The molecule has 1 aromatic carbocycles. The molecule has 0 aromatic heterocycles. The van der Waals surface area contributed by atoms with Crippen molar-refractivity contribution in [2.24, 2.45) is 11.3 Å². The summed E-state index contributed by atoms with van der Waals surface area (Å²) < 4.78 is 5.62. The predicted octanol–water partition coefficient (Wildman–Crippen LogP) is 1.91. The van der Waals surface area contributed by atoms with Crippen molar-refractivity contribution < 1.29 is 9.53 Å². The van der Waals surface area contributed by atoms with E-state index in [1.165, 1.54) is 11.1 Å². The van der Waals surface area contributed by atoms with E-state index >= 15 is 0 Å². The molecule has 0 bridgehead atoms. The molecule has 2 N–H and O–H groups in total. The normalized spacial score (nSPS) is 28.0. The lowest BCUT2D eigenvalue weighted by Crippen LogP contribution is -2.40. The van der Waals surface area contributed by atoms with Crippen molar-refractivity contribution >= 4 is 5.91 Å². The minimum atomic E-state index is 0.239. The van der Waals surface area contributed by atoms with Crippen molar-refractivity contribution in [2.45, 2.75) is 45.4 Å². The molecule has 1 amide bonds. The van der Waals surface area contributed by atoms with Gasteiger partial charge in [-0.3, -0.25) is 9.69 Å². The first kappa shape index (κ1) is 18.0. The summed E-state index contributed by atoms with van der Waals surface area (Å²) in [5, 5.41) is 6.57. The van der Waals surface area contributed by atoms with Crippen LogP contribution in [0.3, 0.4) is 0 Å². The number of piperidine rings is 1. The van der Waals surface area contributed by atoms with Gasteiger partial charge in [-0.25, -0.2) is 0 Å². The zero-order valence-corrected chi connectivity index (χ0v) is 15.8. The van der Waals surface area contributed by atoms with Gasteiger partial charge in [-0.2, -0.15) is 0 Å². The maximum atomic E-state index is 12.5. The van der Waals surface area contributed by atoms with Crippen LogP contribution in [0.2, 0.25) is 0 Å². The highest BCUT2D eigenvalue weighted by molar-refractivity contribution is 5.82. The summed E-state index contributed by atoms with van der Waals surface area (Å²) in [6.45, 7) is 8.63. The maximum Gasteiger partial charge on any atom is 0.223 e. The van der Waals surface area contributed by atoms with Crippen LogP contribution in [0.5, 0.6) is 0 Å². The van der Waals surface area contributed by atoms with Crippen LogP contribution in [0.15, 0.2) is 24.3 Å². The van der Waals surface area contributed by atoms with Crippen LogP contribution in [0.25, 0.3) is 0 Å². The van der Waals surface area contributed by atoms with Crippen LogP contribution in [-0.2, 0) is 22.6 Å². The average Bonchev–Trinajstić information content (AvgIpc) is 3.33. The molecule has 2 saturated heterocycles. The van der Waals surface area contributed by atoms with E-state index in [4.69, 9.17) is 4.74 Å². The molecule has 4 rings (SSSR count). The molecule has 2 heterocycles. The molecule has 2 aliphatic heterocycles. The molecule has 0 radical (unpaired) electrons. The van der Waals surface area contributed by atoms with Crippen LogP contribution in [-0.4, -0.2) is 49.7 Å². The number of nitrogens with one attached hydrogen (secondary N) is 2. The van der Waals surface area contributed by atoms with Crippen molar-refractivity contribution in [1.82, 2.24) is 15.5 Å². The Bertz CT molecular complexity index is 642. The largest absolute Gasteiger partial charge is 0.376 e. The predicted molar refractivity (Wildman–Crippen MR) is 102 cm³/mol. The molecule has 5 heteroatoms. The van der Waals surface area contributed by atoms with E-state index in [0.717, 1.165) is 58.6 Å². The second-order valence-electron chi connectivity index (χ2n) is 8.32. The van der Waals surface area contributed by atoms with E-state index in [1.807, 2.05) is 0 Å². The van der Waals surface area contributed by atoms with Crippen molar-refractivity contribution in [3.8, 4) is 0 Å². The second kappa shape index (κ2) is 7.67. The number of hydrogen-bond donors (Lipinski definition) is 2. The van der Waals surface area contributed by atoms with Crippen molar-refractivity contribution in [1.29, 1.82) is 0 Å². The van der Waals surface area contributed by atoms with Crippen LogP contribution in [0.1, 0.15) is 37.3 Å². The van der Waals surface area contributed by atoms with Crippen LogP contribution in [0.4, 0.5) is 0 Å². The lowest BCUT2D eigenvalue weighted by molar-refractivity contribution is -0.123. The third-order valence-corrected chi connectivity index (χ3v) is 6.30. The monoisotopic (exact) mass is 357 g/mol. The maximum absolute atomic E-state index is 12.5. The van der Waals surface area contributed by atoms with Crippen molar-refractivity contribution in [3.63, 3.8) is 0 Å². The van der Waals surface area contributed by atoms with Gasteiger partial charge in [-0.15, -0.1) is 0 Å². The van der Waals surface area contributed by atoms with Gasteiger partial charge in [0.1, 0.15) is 0 Å². The quantitative estimate of drug-likeness (QED) is 0.845. The van der Waals surface area contributed by atoms with Crippen molar-refractivity contribution in [3.05, 3.63) is 35.4 Å². The van der Waals surface area contributed by atoms with E-state index in [0.29, 0.717) is 18.1 Å². The standard InChI is InChI=1S/C21H31N3O2/c1-16-14-24(9-10-26-16)15-18-4-2-3-17(11-18)13-23-20(25)19-12-21(19)5-7-22-8-6-21/h2-4,11,16,19,22H,5-10,12-15H2,1H3,(H,23,25). The molecule has 142 valence electrons. The van der Waals surface area contributed by atoms with Gasteiger partial charge in [0.2, 0.25) is 5.91 Å². The molecular formula is C21H31N3O2. The number of rotatable bonds is 5. The fraction of sp³-hybridized carbons (Fsp3) is 0.667. The first-order chi connectivity index (χ1) is 12.6. The fourth-order valence-corrected chi connectivity index (χ4v) is 4.64. The molecule has 1 aromatic rings. The Kier molecular flexibility index (Phi) is 5.30. The van der Waals surface area contributed by atoms with Crippen molar-refractivity contribution in [2.75, 3.05) is 32.8 Å². The first-order valence-electron chi connectivity index (χ1n) is 10.0. The lowest BCUT2D eigenvalue weighted by atomic mass is 9.92. The number of amides is 1. The van der Waals surface area contributed by atoms with Crippen LogP contribution < -0.4 is 10.6 Å². The van der Waals surface area contributed by atoms with Gasteiger partial charge >= 0.3 is 0 Å². The lowest BCUT2D eigenvalue weighted by Gasteiger charge is -2.31. The van der Waals surface area contributed by atoms with Crippen LogP contribution in [0, 0.1) is 11.3 Å². The van der Waals surface area contributed by atoms with E-state index in [9.17, 15) is 4.79 Å². The van der Waals surface area contributed by atoms with Gasteiger partial charge in [0.05, 0.1) is 12.7 Å². The highest BCUT2D eigenvalue weighted by atomic mass is 16.5. The summed E-state index contributed by atoms with van der Waals surface area (Å²) in [6, 6.07) is 8.62. The highest BCUT2D eigenvalue weighted by Gasteiger charge is 2.57. The number of carbonyl (C=O) groups is 1. The summed E-state index contributed by atoms with van der Waals surface area (Å²) in [5.74, 6) is 0.488. The number of benzene rings is 1. The highest BCUT2D eigenvalue weighted by Crippen LogP contribution is 2.58. The summed E-state index contributed by atoms with van der Waals surface area (Å²) in [5.41, 5.74) is 2.81. The van der Waals surface area contributed by atoms with Gasteiger partial charge in [0.25, 0.3) is 0 Å². The van der Waals surface area contributed by atoms with Crippen LogP contribution >= 0.6 is 0 Å². The average molecular weight is 357 g/mol. The molecule has 3 fully saturated rings. The summed E-state index contributed by atoms with van der Waals surface area (Å²) in [4.78, 5) is 15.0. The Morgan fingerprint density at radius 2 is 2.15 bits per heavy atom. The van der Waals surface area contributed by atoms with Gasteiger partial charge < -0.3 is 15.4 Å². The summed E-state index contributed by atoms with van der Waals surface area (Å²) in [6.07, 6.45) is 3.69. The summed E-state index contributed by atoms with van der Waals surface area (Å²) in [7, 11) is 0. The SMILES string of the molecule is CC1CN(Cc2cccc(CNC(=O)C3CC34CCNCC4)c2)CCO1.